The van der Waals surface area contributed by atoms with Crippen LogP contribution in [0.4, 0.5) is 5.95 Å². The Bertz CT molecular complexity index is 477. The number of imidazole rings is 1. The molecule has 0 saturated heterocycles. The molecule has 0 spiro atoms. The molecule has 0 saturated carbocycles. The van der Waals surface area contributed by atoms with Crippen LogP contribution >= 0.6 is 23.2 Å². The van der Waals surface area contributed by atoms with Crippen molar-refractivity contribution in [2.24, 2.45) is 0 Å². The first kappa shape index (κ1) is 8.59. The lowest BCUT2D eigenvalue weighted by atomic mass is 10.5. The van der Waals surface area contributed by atoms with Crippen LogP contribution in [-0.2, 0) is 0 Å². The molecule has 4 nitrogen and oxygen atoms in total. The van der Waals surface area contributed by atoms with Gasteiger partial charge >= 0.3 is 0 Å². The maximum atomic E-state index is 5.82. The van der Waals surface area contributed by atoms with E-state index < -0.39 is 0 Å². The van der Waals surface area contributed by atoms with Crippen LogP contribution in [0.2, 0.25) is 10.3 Å². The van der Waals surface area contributed by atoms with E-state index in [0.29, 0.717) is 21.9 Å². The molecule has 0 bridgehead atoms. The average Bonchev–Trinajstić information content (AvgIpc) is 2.27. The lowest BCUT2D eigenvalue weighted by Crippen LogP contribution is -2.01. The van der Waals surface area contributed by atoms with E-state index in [-0.39, 0.29) is 0 Å². The van der Waals surface area contributed by atoms with Gasteiger partial charge in [-0.1, -0.05) is 23.2 Å². The lowest BCUT2D eigenvalue weighted by molar-refractivity contribution is 1.06. The van der Waals surface area contributed by atoms with Crippen molar-refractivity contribution >= 4 is 34.8 Å². The second kappa shape index (κ2) is 2.75. The minimum atomic E-state index is 0.291. The average molecular weight is 217 g/mol. The fourth-order valence-electron chi connectivity index (χ4n) is 1.18. The smallest absolute Gasteiger partial charge is 0.207 e. The highest BCUT2D eigenvalue weighted by molar-refractivity contribution is 6.31. The third-order valence-corrected chi connectivity index (χ3v) is 2.33. The second-order valence-electron chi connectivity index (χ2n) is 2.62. The van der Waals surface area contributed by atoms with E-state index in [0.717, 1.165) is 5.69 Å². The molecule has 0 aliphatic carbocycles. The van der Waals surface area contributed by atoms with Crippen LogP contribution in [0.1, 0.15) is 5.69 Å². The molecule has 2 N–H and O–H groups in total. The van der Waals surface area contributed by atoms with Gasteiger partial charge in [-0.3, -0.25) is 4.40 Å². The van der Waals surface area contributed by atoms with E-state index in [1.54, 1.807) is 10.5 Å². The maximum absolute atomic E-state index is 5.82. The number of rotatable bonds is 0. The van der Waals surface area contributed by atoms with Gasteiger partial charge in [-0.15, -0.1) is 0 Å². The third-order valence-electron chi connectivity index (χ3n) is 1.77. The molecule has 0 aliphatic rings. The normalized spacial score (nSPS) is 11.0. The Kier molecular flexibility index (Phi) is 1.82. The number of anilines is 1. The summed E-state index contributed by atoms with van der Waals surface area (Å²) in [6, 6.07) is 1.61. The van der Waals surface area contributed by atoms with Gasteiger partial charge in [0.05, 0.1) is 5.69 Å². The zero-order valence-electron chi connectivity index (χ0n) is 6.75. The highest BCUT2D eigenvalue weighted by Crippen LogP contribution is 2.20. The molecule has 0 aliphatic heterocycles. The predicted molar refractivity (Wildman–Crippen MR) is 52.2 cm³/mol. The molecule has 6 heteroatoms. The molecule has 2 rings (SSSR count). The van der Waals surface area contributed by atoms with Crippen LogP contribution in [0.25, 0.3) is 5.65 Å². The first-order valence-electron chi connectivity index (χ1n) is 3.56. The van der Waals surface area contributed by atoms with Crippen molar-refractivity contribution in [1.29, 1.82) is 0 Å². The molecular formula is C7H6Cl2N4. The Morgan fingerprint density at radius 2 is 2.08 bits per heavy atom. The highest BCUT2D eigenvalue weighted by Gasteiger charge is 2.09. The van der Waals surface area contributed by atoms with Gasteiger partial charge in [0.15, 0.2) is 5.15 Å². The van der Waals surface area contributed by atoms with Crippen molar-refractivity contribution < 1.29 is 0 Å². The van der Waals surface area contributed by atoms with Gasteiger partial charge < -0.3 is 5.73 Å². The van der Waals surface area contributed by atoms with Gasteiger partial charge in [-0.2, -0.15) is 0 Å². The van der Waals surface area contributed by atoms with Crippen LogP contribution in [0.5, 0.6) is 0 Å². The molecule has 13 heavy (non-hydrogen) atoms. The first-order chi connectivity index (χ1) is 6.09. The molecule has 0 radical (unpaired) electrons. The molecule has 0 unspecified atom stereocenters. The van der Waals surface area contributed by atoms with E-state index >= 15 is 0 Å². The summed E-state index contributed by atoms with van der Waals surface area (Å²) in [6.45, 7) is 1.81. The van der Waals surface area contributed by atoms with Crippen LogP contribution in [0, 0.1) is 6.92 Å². The number of aryl methyl sites for hydroxylation is 1. The minimum absolute atomic E-state index is 0.291. The Morgan fingerprint density at radius 3 is 2.77 bits per heavy atom. The van der Waals surface area contributed by atoms with Crippen molar-refractivity contribution in [3.05, 3.63) is 22.1 Å². The van der Waals surface area contributed by atoms with Crippen molar-refractivity contribution in [3.63, 3.8) is 0 Å². The quantitative estimate of drug-likeness (QED) is 0.686. The van der Waals surface area contributed by atoms with Gasteiger partial charge in [0.2, 0.25) is 5.95 Å². The molecule has 2 heterocycles. The van der Waals surface area contributed by atoms with E-state index in [9.17, 15) is 0 Å². The summed E-state index contributed by atoms with van der Waals surface area (Å²) in [5.41, 5.74) is 7.01. The highest BCUT2D eigenvalue weighted by atomic mass is 35.5. The predicted octanol–water partition coefficient (Wildman–Crippen LogP) is 1.93. The molecule has 2 aromatic rings. The van der Waals surface area contributed by atoms with Crippen molar-refractivity contribution in [3.8, 4) is 0 Å². The van der Waals surface area contributed by atoms with E-state index in [4.69, 9.17) is 28.9 Å². The summed E-state index contributed by atoms with van der Waals surface area (Å²) < 4.78 is 1.65. The fourth-order valence-corrected chi connectivity index (χ4v) is 1.54. The molecular weight excluding hydrogens is 211 g/mol. The molecule has 0 atom stereocenters. The number of hydrogen-bond acceptors (Lipinski definition) is 3. The SMILES string of the molecule is Cc1c(Cl)nc2cc(Cl)nc(N)n12. The number of nitrogens with zero attached hydrogens (tertiary/aromatic N) is 3. The first-order valence-corrected chi connectivity index (χ1v) is 4.32. The van der Waals surface area contributed by atoms with Gasteiger partial charge in [0.1, 0.15) is 10.8 Å². The standard InChI is InChI=1S/C7H6Cl2N4/c1-3-6(9)12-5-2-4(8)11-7(10)13(3)5/h2H,1H3,(H2,10,11). The van der Waals surface area contributed by atoms with Crippen molar-refractivity contribution in [2.75, 3.05) is 5.73 Å². The Morgan fingerprint density at radius 1 is 1.38 bits per heavy atom. The number of fused-ring (bicyclic) bond motifs is 1. The minimum Gasteiger partial charge on any atom is -0.369 e. The summed E-state index contributed by atoms with van der Waals surface area (Å²) in [7, 11) is 0. The Labute approximate surface area is 84.3 Å². The molecule has 0 fully saturated rings. The maximum Gasteiger partial charge on any atom is 0.207 e. The topological polar surface area (TPSA) is 56.2 Å². The second-order valence-corrected chi connectivity index (χ2v) is 3.36. The molecule has 2 aromatic heterocycles. The zero-order valence-corrected chi connectivity index (χ0v) is 8.26. The Balaban J connectivity index is 2.94. The van der Waals surface area contributed by atoms with Gasteiger partial charge in [0, 0.05) is 6.07 Å². The summed E-state index contributed by atoms with van der Waals surface area (Å²) in [5, 5.41) is 0.724. The summed E-state index contributed by atoms with van der Waals surface area (Å²) in [6.07, 6.45) is 0. The van der Waals surface area contributed by atoms with Gasteiger partial charge in [-0.05, 0) is 6.92 Å². The monoisotopic (exact) mass is 216 g/mol. The summed E-state index contributed by atoms with van der Waals surface area (Å²) >= 11 is 11.5. The largest absolute Gasteiger partial charge is 0.369 e. The van der Waals surface area contributed by atoms with Crippen LogP contribution in [-0.4, -0.2) is 14.4 Å². The Hall–Kier alpha value is -1.00. The molecule has 68 valence electrons. The fraction of sp³-hybridized carbons (Fsp3) is 0.143. The molecule has 0 aromatic carbocycles. The van der Waals surface area contributed by atoms with Crippen molar-refractivity contribution in [1.82, 2.24) is 14.4 Å². The summed E-state index contributed by atoms with van der Waals surface area (Å²) in [5.74, 6) is 0.291. The number of aromatic nitrogens is 3. The van der Waals surface area contributed by atoms with Crippen molar-refractivity contribution in [2.45, 2.75) is 6.92 Å². The molecule has 0 amide bonds. The number of halogens is 2. The van der Waals surface area contributed by atoms with E-state index in [2.05, 4.69) is 9.97 Å². The zero-order chi connectivity index (χ0) is 9.59. The van der Waals surface area contributed by atoms with E-state index in [1.807, 2.05) is 6.92 Å². The van der Waals surface area contributed by atoms with Gasteiger partial charge in [0.25, 0.3) is 0 Å². The van der Waals surface area contributed by atoms with Gasteiger partial charge in [-0.25, -0.2) is 9.97 Å². The van der Waals surface area contributed by atoms with Crippen LogP contribution < -0.4 is 5.73 Å². The number of nitrogen functional groups attached to an aromatic ring is 1. The number of hydrogen-bond donors (Lipinski definition) is 1. The third kappa shape index (κ3) is 1.22. The van der Waals surface area contributed by atoms with Crippen LogP contribution in [0.15, 0.2) is 6.07 Å². The summed E-state index contributed by atoms with van der Waals surface area (Å²) in [4.78, 5) is 7.94. The van der Waals surface area contributed by atoms with E-state index in [1.165, 1.54) is 0 Å². The number of nitrogens with two attached hydrogens (primary N) is 1. The lowest BCUT2D eigenvalue weighted by Gasteiger charge is -2.00. The van der Waals surface area contributed by atoms with Crippen LogP contribution in [0.3, 0.4) is 0 Å².